The van der Waals surface area contributed by atoms with E-state index >= 15 is 0 Å². The molecule has 0 aliphatic heterocycles. The van der Waals surface area contributed by atoms with Gasteiger partial charge >= 0.3 is 5.69 Å². The average Bonchev–Trinajstić information content (AvgIpc) is 3.20. The van der Waals surface area contributed by atoms with Gasteiger partial charge in [-0.05, 0) is 29.7 Å². The number of nitrogens with one attached hydrogen (secondary N) is 2. The minimum absolute atomic E-state index is 0.0544. The monoisotopic (exact) mass is 444 g/mol. The fourth-order valence-corrected chi connectivity index (χ4v) is 4.28. The lowest BCUT2D eigenvalue weighted by molar-refractivity contribution is -0.383. The van der Waals surface area contributed by atoms with Gasteiger partial charge in [-0.15, -0.1) is 0 Å². The number of nitro groups is 1. The van der Waals surface area contributed by atoms with Crippen LogP contribution >= 0.6 is 11.3 Å². The minimum atomic E-state index is -0.508. The molecule has 9 nitrogen and oxygen atoms in total. The van der Waals surface area contributed by atoms with Crippen LogP contribution in [0.15, 0.2) is 67.0 Å². The van der Waals surface area contributed by atoms with E-state index in [1.807, 2.05) is 60.7 Å². The zero-order valence-corrected chi connectivity index (χ0v) is 17.6. The topological polar surface area (TPSA) is 115 Å². The van der Waals surface area contributed by atoms with Crippen LogP contribution in [0.4, 0.5) is 28.1 Å². The molecule has 0 amide bonds. The van der Waals surface area contributed by atoms with Crippen LogP contribution in [-0.4, -0.2) is 27.0 Å². The van der Waals surface area contributed by atoms with Gasteiger partial charge in [0.1, 0.15) is 12.1 Å². The number of ether oxygens (including phenoxy) is 1. The third-order valence-electron chi connectivity index (χ3n) is 4.87. The van der Waals surface area contributed by atoms with E-state index in [1.54, 1.807) is 7.11 Å². The van der Waals surface area contributed by atoms with E-state index in [1.165, 1.54) is 17.7 Å². The zero-order valence-electron chi connectivity index (χ0n) is 16.8. The van der Waals surface area contributed by atoms with Gasteiger partial charge in [0.25, 0.3) is 0 Å². The first-order valence-electron chi connectivity index (χ1n) is 9.58. The Morgan fingerprint density at radius 3 is 2.59 bits per heavy atom. The van der Waals surface area contributed by atoms with E-state index in [9.17, 15) is 10.1 Å². The van der Waals surface area contributed by atoms with Gasteiger partial charge < -0.3 is 15.4 Å². The molecule has 0 bridgehead atoms. The molecule has 2 aromatic heterocycles. The first-order chi connectivity index (χ1) is 15.6. The van der Waals surface area contributed by atoms with E-state index in [4.69, 9.17) is 4.74 Å². The molecule has 0 aliphatic rings. The number of hydrogen-bond acceptors (Lipinski definition) is 9. The van der Waals surface area contributed by atoms with Gasteiger partial charge in [-0.3, -0.25) is 10.1 Å². The van der Waals surface area contributed by atoms with Crippen molar-refractivity contribution in [3.63, 3.8) is 0 Å². The Labute approximate surface area is 185 Å². The molecule has 2 N–H and O–H groups in total. The van der Waals surface area contributed by atoms with Crippen molar-refractivity contribution in [2.75, 3.05) is 17.7 Å². The molecule has 0 radical (unpaired) electrons. The maximum Gasteiger partial charge on any atom is 0.353 e. The first-order valence-corrected chi connectivity index (χ1v) is 10.4. The van der Waals surface area contributed by atoms with Crippen LogP contribution in [-0.2, 0) is 0 Å². The second-order valence-electron chi connectivity index (χ2n) is 6.81. The molecule has 10 heteroatoms. The van der Waals surface area contributed by atoms with Crippen molar-refractivity contribution < 1.29 is 9.66 Å². The average molecular weight is 444 g/mol. The van der Waals surface area contributed by atoms with Crippen molar-refractivity contribution in [2.45, 2.75) is 0 Å². The lowest BCUT2D eigenvalue weighted by Crippen LogP contribution is -2.05. The molecule has 2 heterocycles. The fraction of sp³-hybridized carbons (Fsp3) is 0.0455. The Kier molecular flexibility index (Phi) is 4.96. The quantitative estimate of drug-likeness (QED) is 0.255. The number of rotatable bonds is 6. The van der Waals surface area contributed by atoms with Crippen molar-refractivity contribution in [3.05, 3.63) is 77.1 Å². The molecule has 3 aromatic carbocycles. The number of methoxy groups -OCH3 is 1. The predicted molar refractivity (Wildman–Crippen MR) is 125 cm³/mol. The lowest BCUT2D eigenvalue weighted by Gasteiger charge is -2.11. The predicted octanol–water partition coefficient (Wildman–Crippen LogP) is 5.64. The number of fused-ring (bicyclic) bond motifs is 2. The Bertz CT molecular complexity index is 1460. The van der Waals surface area contributed by atoms with Crippen LogP contribution in [0.2, 0.25) is 0 Å². The number of thiazole rings is 1. The molecule has 5 rings (SSSR count). The van der Waals surface area contributed by atoms with Crippen molar-refractivity contribution in [1.82, 2.24) is 15.0 Å². The highest BCUT2D eigenvalue weighted by molar-refractivity contribution is 7.22. The minimum Gasteiger partial charge on any atom is -0.497 e. The molecule has 0 spiro atoms. The van der Waals surface area contributed by atoms with Crippen molar-refractivity contribution >= 4 is 60.5 Å². The molecule has 32 heavy (non-hydrogen) atoms. The molecular formula is C22H16N6O3S. The molecular weight excluding hydrogens is 428 g/mol. The Morgan fingerprint density at radius 2 is 1.78 bits per heavy atom. The summed E-state index contributed by atoms with van der Waals surface area (Å²) in [5.74, 6) is 0.854. The van der Waals surface area contributed by atoms with Crippen molar-refractivity contribution in [1.29, 1.82) is 0 Å². The molecule has 0 fully saturated rings. The molecule has 0 saturated carbocycles. The van der Waals surface area contributed by atoms with Gasteiger partial charge in [0.15, 0.2) is 5.13 Å². The summed E-state index contributed by atoms with van der Waals surface area (Å²) in [6.07, 6.45) is 1.28. The fourth-order valence-electron chi connectivity index (χ4n) is 3.38. The number of aromatic nitrogens is 3. The van der Waals surface area contributed by atoms with Crippen LogP contribution in [0.25, 0.3) is 21.0 Å². The Balaban J connectivity index is 1.53. The van der Waals surface area contributed by atoms with Gasteiger partial charge in [-0.25, -0.2) is 15.0 Å². The number of anilines is 4. The summed E-state index contributed by atoms with van der Waals surface area (Å²) in [5.41, 5.74) is 1.20. The smallest absolute Gasteiger partial charge is 0.353 e. The summed E-state index contributed by atoms with van der Waals surface area (Å²) in [5, 5.41) is 20.4. The highest BCUT2D eigenvalue weighted by Crippen LogP contribution is 2.37. The third-order valence-corrected chi connectivity index (χ3v) is 5.80. The van der Waals surface area contributed by atoms with Gasteiger partial charge in [0.05, 0.1) is 22.2 Å². The van der Waals surface area contributed by atoms with Gasteiger partial charge in [-0.2, -0.15) is 0 Å². The molecule has 0 unspecified atom stereocenters. The van der Waals surface area contributed by atoms with Gasteiger partial charge in [0.2, 0.25) is 11.6 Å². The van der Waals surface area contributed by atoms with E-state index in [-0.39, 0.29) is 17.3 Å². The normalized spacial score (nSPS) is 10.9. The second-order valence-corrected chi connectivity index (χ2v) is 7.84. The maximum absolute atomic E-state index is 12.0. The highest BCUT2D eigenvalue weighted by atomic mass is 32.1. The summed E-state index contributed by atoms with van der Waals surface area (Å²) in [6.45, 7) is 0. The standard InChI is InChI=1S/C22H16N6O3S/c1-31-14-9-10-17-18(11-14)32-22(26-17)27-21-19(28(29)30)20(23-12-24-21)25-16-8-4-6-13-5-2-3-7-15(13)16/h2-12H,1H3,(H2,23,24,25,26,27). The zero-order chi connectivity index (χ0) is 22.1. The second kappa shape index (κ2) is 8.08. The van der Waals surface area contributed by atoms with E-state index in [0.717, 1.165) is 21.0 Å². The van der Waals surface area contributed by atoms with Gasteiger partial charge in [0, 0.05) is 11.1 Å². The summed E-state index contributed by atoms with van der Waals surface area (Å²) < 4.78 is 6.13. The van der Waals surface area contributed by atoms with Crippen molar-refractivity contribution in [2.24, 2.45) is 0 Å². The molecule has 5 aromatic rings. The molecule has 0 atom stereocenters. The van der Waals surface area contributed by atoms with Gasteiger partial charge in [-0.1, -0.05) is 47.7 Å². The van der Waals surface area contributed by atoms with E-state index in [2.05, 4.69) is 25.6 Å². The van der Waals surface area contributed by atoms with Crippen LogP contribution in [0.5, 0.6) is 5.75 Å². The third kappa shape index (κ3) is 3.63. The summed E-state index contributed by atoms with van der Waals surface area (Å²) in [7, 11) is 1.59. The van der Waals surface area contributed by atoms with E-state index < -0.39 is 4.92 Å². The van der Waals surface area contributed by atoms with Crippen LogP contribution < -0.4 is 15.4 Å². The SMILES string of the molecule is COc1ccc2nc(Nc3ncnc(Nc4cccc5ccccc45)c3[N+](=O)[O-])sc2c1. The number of benzene rings is 3. The highest BCUT2D eigenvalue weighted by Gasteiger charge is 2.24. The van der Waals surface area contributed by atoms with Crippen LogP contribution in [0.3, 0.4) is 0 Å². The number of hydrogen-bond donors (Lipinski definition) is 2. The summed E-state index contributed by atoms with van der Waals surface area (Å²) in [6, 6.07) is 19.0. The summed E-state index contributed by atoms with van der Waals surface area (Å²) >= 11 is 1.35. The maximum atomic E-state index is 12.0. The number of nitrogens with zero attached hydrogens (tertiary/aromatic N) is 4. The lowest BCUT2D eigenvalue weighted by atomic mass is 10.1. The van der Waals surface area contributed by atoms with Crippen molar-refractivity contribution in [3.8, 4) is 5.75 Å². The van der Waals surface area contributed by atoms with E-state index in [0.29, 0.717) is 16.6 Å². The van der Waals surface area contributed by atoms with Crippen LogP contribution in [0, 0.1) is 10.1 Å². The van der Waals surface area contributed by atoms with Crippen LogP contribution in [0.1, 0.15) is 0 Å². The Morgan fingerprint density at radius 1 is 1.00 bits per heavy atom. The molecule has 158 valence electrons. The molecule has 0 saturated heterocycles. The first kappa shape index (κ1) is 19.6. The Hall–Kier alpha value is -4.31. The summed E-state index contributed by atoms with van der Waals surface area (Å²) in [4.78, 5) is 24.2. The largest absolute Gasteiger partial charge is 0.497 e. The molecule has 0 aliphatic carbocycles.